The Bertz CT molecular complexity index is 784. The number of rotatable bonds is 3. The van der Waals surface area contributed by atoms with Crippen LogP contribution in [0.4, 0.5) is 5.69 Å². The van der Waals surface area contributed by atoms with Crippen LogP contribution in [-0.4, -0.2) is 27.1 Å². The zero-order valence-corrected chi connectivity index (χ0v) is 10.5. The third-order valence-electron chi connectivity index (χ3n) is 2.58. The first-order valence-corrected chi connectivity index (χ1v) is 5.68. The highest BCUT2D eigenvalue weighted by atomic mass is 16.3. The van der Waals surface area contributed by atoms with E-state index in [1.807, 2.05) is 9.97 Å². The molecule has 0 saturated carbocycles. The quantitative estimate of drug-likeness (QED) is 0.564. The van der Waals surface area contributed by atoms with Gasteiger partial charge in [0, 0.05) is 11.8 Å². The van der Waals surface area contributed by atoms with Gasteiger partial charge in [-0.25, -0.2) is 4.79 Å². The van der Waals surface area contributed by atoms with Crippen LogP contribution in [0.15, 0.2) is 38.8 Å². The molecule has 0 saturated heterocycles. The molecule has 0 radical (unpaired) electrons. The molecule has 0 atom stereocenters. The Morgan fingerprint density at radius 1 is 1.20 bits per heavy atom. The van der Waals surface area contributed by atoms with Gasteiger partial charge in [0.25, 0.3) is 5.56 Å². The van der Waals surface area contributed by atoms with E-state index in [0.29, 0.717) is 11.3 Å². The van der Waals surface area contributed by atoms with Crippen LogP contribution < -0.4 is 11.2 Å². The summed E-state index contributed by atoms with van der Waals surface area (Å²) in [6.07, 6.45) is 1.13. The number of carbonyl (C=O) groups is 1. The summed E-state index contributed by atoms with van der Waals surface area (Å²) in [7, 11) is 0. The Labute approximate surface area is 112 Å². The fraction of sp³-hybridized carbons (Fsp3) is 0.0769. The number of hydrogen-bond acceptors (Lipinski definition) is 5. The van der Waals surface area contributed by atoms with Crippen molar-refractivity contribution in [1.29, 1.82) is 0 Å². The topological polar surface area (TPSA) is 115 Å². The van der Waals surface area contributed by atoms with Crippen LogP contribution in [0.2, 0.25) is 0 Å². The van der Waals surface area contributed by atoms with Crippen LogP contribution in [0.1, 0.15) is 22.8 Å². The SMILES string of the molecule is CC(=O)c1ccc(N=Cc2c(O)[nH]c(=O)[nH]c2=O)cc1. The molecule has 0 unspecified atom stereocenters. The molecule has 0 bridgehead atoms. The minimum atomic E-state index is -0.796. The number of hydrogen-bond donors (Lipinski definition) is 3. The van der Waals surface area contributed by atoms with E-state index in [2.05, 4.69) is 4.99 Å². The standard InChI is InChI=1S/C13H11N3O4/c1-7(17)8-2-4-9(5-3-8)14-6-10-11(18)15-13(20)16-12(10)19/h2-6H,1H3,(H3,15,16,18,19,20). The van der Waals surface area contributed by atoms with Gasteiger partial charge in [-0.05, 0) is 31.2 Å². The Morgan fingerprint density at radius 3 is 2.40 bits per heavy atom. The van der Waals surface area contributed by atoms with Gasteiger partial charge in [-0.2, -0.15) is 0 Å². The number of ketones is 1. The smallest absolute Gasteiger partial charge is 0.328 e. The first-order chi connectivity index (χ1) is 9.47. The van der Waals surface area contributed by atoms with E-state index in [9.17, 15) is 19.5 Å². The average molecular weight is 273 g/mol. The van der Waals surface area contributed by atoms with Crippen molar-refractivity contribution in [2.24, 2.45) is 4.99 Å². The molecule has 2 rings (SSSR count). The number of nitrogens with one attached hydrogen (secondary N) is 2. The first-order valence-electron chi connectivity index (χ1n) is 5.68. The molecule has 3 N–H and O–H groups in total. The third-order valence-corrected chi connectivity index (χ3v) is 2.58. The second kappa shape index (κ2) is 5.35. The molecule has 0 amide bonds. The Kier molecular flexibility index (Phi) is 3.60. The van der Waals surface area contributed by atoms with E-state index in [1.54, 1.807) is 24.3 Å². The van der Waals surface area contributed by atoms with Gasteiger partial charge in [0.05, 0.1) is 5.69 Å². The van der Waals surface area contributed by atoms with Crippen LogP contribution in [0.3, 0.4) is 0 Å². The number of aromatic amines is 2. The summed E-state index contributed by atoms with van der Waals surface area (Å²) in [6.45, 7) is 1.45. The lowest BCUT2D eigenvalue weighted by Gasteiger charge is -1.98. The van der Waals surface area contributed by atoms with Gasteiger partial charge in [-0.3, -0.25) is 24.5 Å². The molecule has 1 aromatic carbocycles. The van der Waals surface area contributed by atoms with Crippen molar-refractivity contribution in [3.63, 3.8) is 0 Å². The highest BCUT2D eigenvalue weighted by Gasteiger charge is 2.05. The second-order valence-electron chi connectivity index (χ2n) is 4.03. The predicted octanol–water partition coefficient (Wildman–Crippen LogP) is 0.722. The maximum atomic E-state index is 11.5. The fourth-order valence-electron chi connectivity index (χ4n) is 1.53. The molecule has 0 aliphatic carbocycles. The Balaban J connectivity index is 2.32. The second-order valence-corrected chi connectivity index (χ2v) is 4.03. The molecule has 0 aliphatic rings. The number of benzene rings is 1. The lowest BCUT2D eigenvalue weighted by molar-refractivity contribution is 0.101. The Morgan fingerprint density at radius 2 is 1.85 bits per heavy atom. The molecule has 2 aromatic rings. The van der Waals surface area contributed by atoms with Crippen molar-refractivity contribution < 1.29 is 9.90 Å². The molecule has 0 fully saturated rings. The summed E-state index contributed by atoms with van der Waals surface area (Å²) in [5, 5.41) is 9.46. The van der Waals surface area contributed by atoms with Gasteiger partial charge < -0.3 is 5.11 Å². The largest absolute Gasteiger partial charge is 0.494 e. The summed E-state index contributed by atoms with van der Waals surface area (Å²) in [5.74, 6) is -0.613. The molecule has 1 aromatic heterocycles. The van der Waals surface area contributed by atoms with E-state index in [4.69, 9.17) is 0 Å². The van der Waals surface area contributed by atoms with Gasteiger partial charge in [0.2, 0.25) is 5.88 Å². The van der Waals surface area contributed by atoms with Crippen molar-refractivity contribution in [2.75, 3.05) is 0 Å². The van der Waals surface area contributed by atoms with Crippen LogP contribution in [0.5, 0.6) is 5.88 Å². The van der Waals surface area contributed by atoms with E-state index in [-0.39, 0.29) is 11.3 Å². The third kappa shape index (κ3) is 2.89. The van der Waals surface area contributed by atoms with Gasteiger partial charge in [-0.1, -0.05) is 0 Å². The molecular weight excluding hydrogens is 262 g/mol. The lowest BCUT2D eigenvalue weighted by atomic mass is 10.1. The predicted molar refractivity (Wildman–Crippen MR) is 73.0 cm³/mol. The summed E-state index contributed by atoms with van der Waals surface area (Å²) in [4.78, 5) is 41.5. The summed E-state index contributed by atoms with van der Waals surface area (Å²) in [5.41, 5.74) is -0.639. The van der Waals surface area contributed by atoms with Crippen molar-refractivity contribution in [3.8, 4) is 5.88 Å². The summed E-state index contributed by atoms with van der Waals surface area (Å²) >= 11 is 0. The van der Waals surface area contributed by atoms with Crippen molar-refractivity contribution in [1.82, 2.24) is 9.97 Å². The first kappa shape index (κ1) is 13.5. The van der Waals surface area contributed by atoms with Gasteiger partial charge in [-0.15, -0.1) is 0 Å². The molecule has 1 heterocycles. The maximum absolute atomic E-state index is 11.5. The normalized spacial score (nSPS) is 10.8. The monoisotopic (exact) mass is 273 g/mol. The van der Waals surface area contributed by atoms with E-state index in [1.165, 1.54) is 6.92 Å². The number of nitrogens with zero attached hydrogens (tertiary/aromatic N) is 1. The van der Waals surface area contributed by atoms with Gasteiger partial charge in [0.1, 0.15) is 5.56 Å². The molecule has 20 heavy (non-hydrogen) atoms. The van der Waals surface area contributed by atoms with Crippen molar-refractivity contribution >= 4 is 17.7 Å². The number of Topliss-reactive ketones (excluding diaryl/α,β-unsaturated/α-hetero) is 1. The van der Waals surface area contributed by atoms with E-state index < -0.39 is 17.1 Å². The maximum Gasteiger partial charge on any atom is 0.328 e. The zero-order chi connectivity index (χ0) is 14.7. The van der Waals surface area contributed by atoms with Crippen LogP contribution in [0.25, 0.3) is 0 Å². The molecule has 102 valence electrons. The molecule has 0 spiro atoms. The summed E-state index contributed by atoms with van der Waals surface area (Å²) < 4.78 is 0. The zero-order valence-electron chi connectivity index (χ0n) is 10.5. The highest BCUT2D eigenvalue weighted by Crippen LogP contribution is 2.14. The fourth-order valence-corrected chi connectivity index (χ4v) is 1.53. The number of aromatic hydroxyl groups is 1. The molecule has 7 nitrogen and oxygen atoms in total. The van der Waals surface area contributed by atoms with Crippen LogP contribution in [0, 0.1) is 0 Å². The molecular formula is C13H11N3O4. The number of aliphatic imine (C=N–C) groups is 1. The molecule has 0 aliphatic heterocycles. The van der Waals surface area contributed by atoms with Crippen molar-refractivity contribution in [3.05, 3.63) is 56.2 Å². The Hall–Kier alpha value is -2.96. The minimum Gasteiger partial charge on any atom is -0.494 e. The van der Waals surface area contributed by atoms with Crippen molar-refractivity contribution in [2.45, 2.75) is 6.92 Å². The van der Waals surface area contributed by atoms with E-state index in [0.717, 1.165) is 6.21 Å². The number of aromatic nitrogens is 2. The van der Waals surface area contributed by atoms with E-state index >= 15 is 0 Å². The van der Waals surface area contributed by atoms with Crippen LogP contribution >= 0.6 is 0 Å². The number of carbonyl (C=O) groups excluding carboxylic acids is 1. The highest BCUT2D eigenvalue weighted by molar-refractivity contribution is 5.94. The van der Waals surface area contributed by atoms with Crippen LogP contribution in [-0.2, 0) is 0 Å². The lowest BCUT2D eigenvalue weighted by Crippen LogP contribution is -2.24. The minimum absolute atomic E-state index is 0.0600. The summed E-state index contributed by atoms with van der Waals surface area (Å²) in [6, 6.07) is 6.41. The average Bonchev–Trinajstić information content (AvgIpc) is 2.38. The molecule has 7 heteroatoms. The number of H-pyrrole nitrogens is 2. The van der Waals surface area contributed by atoms with Gasteiger partial charge >= 0.3 is 5.69 Å². The van der Waals surface area contributed by atoms with Gasteiger partial charge in [0.15, 0.2) is 5.78 Å².